The molecule has 0 aliphatic carbocycles. The molecule has 0 amide bonds. The van der Waals surface area contributed by atoms with Gasteiger partial charge in [0.2, 0.25) is 10.0 Å². The van der Waals surface area contributed by atoms with Crippen LogP contribution in [0.4, 0.5) is 0 Å². The van der Waals surface area contributed by atoms with Crippen molar-refractivity contribution >= 4 is 26.0 Å². The number of rotatable bonds is 8. The van der Waals surface area contributed by atoms with Crippen molar-refractivity contribution in [2.24, 2.45) is 0 Å². The Morgan fingerprint density at radius 1 is 1.19 bits per heavy atom. The summed E-state index contributed by atoms with van der Waals surface area (Å²) in [5, 5.41) is 3.29. The van der Waals surface area contributed by atoms with Gasteiger partial charge in [-0.25, -0.2) is 13.1 Å². The molecule has 120 valence electrons. The lowest BCUT2D eigenvalue weighted by atomic mass is 10.2. The van der Waals surface area contributed by atoms with Crippen LogP contribution in [0.1, 0.15) is 46.1 Å². The molecule has 0 saturated carbocycles. The van der Waals surface area contributed by atoms with E-state index in [0.29, 0.717) is 22.0 Å². The normalized spacial score (nSPS) is 12.3. The topological polar surface area (TPSA) is 58.2 Å². The Balaban J connectivity index is 3.02. The van der Waals surface area contributed by atoms with Crippen LogP contribution in [-0.2, 0) is 16.6 Å². The molecule has 0 spiro atoms. The predicted octanol–water partition coefficient (Wildman–Crippen LogP) is 3.41. The zero-order chi connectivity index (χ0) is 16.0. The molecule has 4 nitrogen and oxygen atoms in total. The van der Waals surface area contributed by atoms with Gasteiger partial charge >= 0.3 is 0 Å². The number of hydrogen-bond donors (Lipinski definition) is 2. The third-order valence-corrected chi connectivity index (χ3v) is 5.82. The third kappa shape index (κ3) is 5.70. The van der Waals surface area contributed by atoms with E-state index in [1.807, 2.05) is 19.9 Å². The second-order valence-electron chi connectivity index (χ2n) is 5.44. The number of nitrogens with one attached hydrogen (secondary N) is 2. The van der Waals surface area contributed by atoms with Crippen LogP contribution >= 0.6 is 15.9 Å². The van der Waals surface area contributed by atoms with Gasteiger partial charge < -0.3 is 5.32 Å². The van der Waals surface area contributed by atoms with E-state index in [2.05, 4.69) is 39.8 Å². The maximum absolute atomic E-state index is 12.5. The van der Waals surface area contributed by atoms with Gasteiger partial charge in [-0.05, 0) is 46.5 Å². The molecule has 0 saturated heterocycles. The van der Waals surface area contributed by atoms with E-state index >= 15 is 0 Å². The van der Waals surface area contributed by atoms with Crippen molar-refractivity contribution in [1.29, 1.82) is 0 Å². The summed E-state index contributed by atoms with van der Waals surface area (Å²) in [7, 11) is -3.50. The molecule has 0 aliphatic heterocycles. The Kier molecular flexibility index (Phi) is 7.33. The summed E-state index contributed by atoms with van der Waals surface area (Å²) in [4.78, 5) is 0.303. The highest BCUT2D eigenvalue weighted by molar-refractivity contribution is 9.10. The van der Waals surface area contributed by atoms with Gasteiger partial charge in [-0.2, -0.15) is 0 Å². The van der Waals surface area contributed by atoms with E-state index in [1.54, 1.807) is 12.1 Å². The van der Waals surface area contributed by atoms with Crippen LogP contribution in [0.2, 0.25) is 0 Å². The maximum atomic E-state index is 12.5. The molecule has 0 fully saturated rings. The summed E-state index contributed by atoms with van der Waals surface area (Å²) in [5.41, 5.74) is 0.955. The molecule has 0 atom stereocenters. The van der Waals surface area contributed by atoms with Crippen molar-refractivity contribution < 1.29 is 8.42 Å². The molecule has 2 N–H and O–H groups in total. The SMILES string of the molecule is CCC(CC)NS(=O)(=O)c1cc(CNC(C)C)ccc1Br. The fourth-order valence-corrected chi connectivity index (χ4v) is 4.34. The van der Waals surface area contributed by atoms with Crippen molar-refractivity contribution in [1.82, 2.24) is 10.0 Å². The molecule has 1 aromatic rings. The number of hydrogen-bond acceptors (Lipinski definition) is 3. The molecule has 0 unspecified atom stereocenters. The first-order valence-electron chi connectivity index (χ1n) is 7.34. The van der Waals surface area contributed by atoms with E-state index < -0.39 is 10.0 Å². The predicted molar refractivity (Wildman–Crippen MR) is 90.8 cm³/mol. The van der Waals surface area contributed by atoms with Gasteiger partial charge in [0.15, 0.2) is 0 Å². The Labute approximate surface area is 136 Å². The van der Waals surface area contributed by atoms with Crippen molar-refractivity contribution in [2.75, 3.05) is 0 Å². The Bertz CT molecular complexity index is 555. The number of halogens is 1. The van der Waals surface area contributed by atoms with Crippen LogP contribution < -0.4 is 10.0 Å². The molecule has 0 aliphatic rings. The van der Waals surface area contributed by atoms with Gasteiger partial charge in [0, 0.05) is 23.1 Å². The maximum Gasteiger partial charge on any atom is 0.241 e. The van der Waals surface area contributed by atoms with Crippen LogP contribution in [0.15, 0.2) is 27.6 Å². The number of benzene rings is 1. The smallest absolute Gasteiger partial charge is 0.241 e. The molecule has 0 radical (unpaired) electrons. The second kappa shape index (κ2) is 8.27. The average Bonchev–Trinajstić information content (AvgIpc) is 2.43. The molecule has 0 heterocycles. The molecule has 21 heavy (non-hydrogen) atoms. The van der Waals surface area contributed by atoms with E-state index in [4.69, 9.17) is 0 Å². The molecule has 0 bridgehead atoms. The van der Waals surface area contributed by atoms with Crippen LogP contribution in [0, 0.1) is 0 Å². The van der Waals surface area contributed by atoms with Gasteiger partial charge in [-0.3, -0.25) is 0 Å². The lowest BCUT2D eigenvalue weighted by Crippen LogP contribution is -2.34. The summed E-state index contributed by atoms with van der Waals surface area (Å²) in [5.74, 6) is 0. The summed E-state index contributed by atoms with van der Waals surface area (Å²) in [6, 6.07) is 5.77. The van der Waals surface area contributed by atoms with E-state index in [0.717, 1.165) is 18.4 Å². The van der Waals surface area contributed by atoms with Crippen LogP contribution in [-0.4, -0.2) is 20.5 Å². The van der Waals surface area contributed by atoms with Gasteiger partial charge in [0.25, 0.3) is 0 Å². The first-order chi connectivity index (χ1) is 9.80. The Morgan fingerprint density at radius 2 is 1.81 bits per heavy atom. The first kappa shape index (κ1) is 18.6. The molecule has 1 rings (SSSR count). The van der Waals surface area contributed by atoms with Gasteiger partial charge in [0.1, 0.15) is 0 Å². The molecule has 6 heteroatoms. The van der Waals surface area contributed by atoms with E-state index in [-0.39, 0.29) is 6.04 Å². The van der Waals surface area contributed by atoms with Crippen molar-refractivity contribution in [2.45, 2.75) is 64.1 Å². The molecule has 1 aromatic carbocycles. The minimum atomic E-state index is -3.50. The van der Waals surface area contributed by atoms with Crippen molar-refractivity contribution in [3.05, 3.63) is 28.2 Å². The zero-order valence-corrected chi connectivity index (χ0v) is 15.5. The summed E-state index contributed by atoms with van der Waals surface area (Å²) in [6.07, 6.45) is 1.56. The van der Waals surface area contributed by atoms with Crippen molar-refractivity contribution in [3.8, 4) is 0 Å². The summed E-state index contributed by atoms with van der Waals surface area (Å²) < 4.78 is 28.4. The Morgan fingerprint density at radius 3 is 2.33 bits per heavy atom. The second-order valence-corrected chi connectivity index (χ2v) is 7.97. The summed E-state index contributed by atoms with van der Waals surface area (Å²) >= 11 is 3.34. The third-order valence-electron chi connectivity index (χ3n) is 3.31. The van der Waals surface area contributed by atoms with E-state index in [9.17, 15) is 8.42 Å². The largest absolute Gasteiger partial charge is 0.310 e. The van der Waals surface area contributed by atoms with Crippen LogP contribution in [0.25, 0.3) is 0 Å². The highest BCUT2D eigenvalue weighted by Crippen LogP contribution is 2.24. The molecule has 0 aromatic heterocycles. The van der Waals surface area contributed by atoms with Gasteiger partial charge in [-0.15, -0.1) is 0 Å². The fourth-order valence-electron chi connectivity index (χ4n) is 1.92. The standard InChI is InChI=1S/C15H25BrN2O2S/c1-5-13(6-2)18-21(19,20)15-9-12(7-8-14(15)16)10-17-11(3)4/h7-9,11,13,17-18H,5-6,10H2,1-4H3. The first-order valence-corrected chi connectivity index (χ1v) is 9.61. The fraction of sp³-hybridized carbons (Fsp3) is 0.600. The Hall–Kier alpha value is -0.430. The van der Waals surface area contributed by atoms with E-state index in [1.165, 1.54) is 0 Å². The number of sulfonamides is 1. The highest BCUT2D eigenvalue weighted by Gasteiger charge is 2.21. The quantitative estimate of drug-likeness (QED) is 0.730. The van der Waals surface area contributed by atoms with Crippen LogP contribution in [0.5, 0.6) is 0 Å². The summed E-state index contributed by atoms with van der Waals surface area (Å²) in [6.45, 7) is 8.73. The van der Waals surface area contributed by atoms with Gasteiger partial charge in [-0.1, -0.05) is 33.8 Å². The van der Waals surface area contributed by atoms with Crippen molar-refractivity contribution in [3.63, 3.8) is 0 Å². The monoisotopic (exact) mass is 376 g/mol. The lowest BCUT2D eigenvalue weighted by Gasteiger charge is -2.17. The minimum absolute atomic E-state index is 0.0284. The minimum Gasteiger partial charge on any atom is -0.310 e. The van der Waals surface area contributed by atoms with Crippen LogP contribution in [0.3, 0.4) is 0 Å². The molecular weight excluding hydrogens is 352 g/mol. The lowest BCUT2D eigenvalue weighted by molar-refractivity contribution is 0.529. The highest BCUT2D eigenvalue weighted by atomic mass is 79.9. The van der Waals surface area contributed by atoms with Gasteiger partial charge in [0.05, 0.1) is 4.90 Å². The average molecular weight is 377 g/mol. The molecular formula is C15H25BrN2O2S. The zero-order valence-electron chi connectivity index (χ0n) is 13.1.